The normalized spacial score (nSPS) is 14.8. The zero-order chi connectivity index (χ0) is 9.54. The highest BCUT2D eigenvalue weighted by Gasteiger charge is 2.19. The number of fused-ring (bicyclic) bond motifs is 2. The van der Waals surface area contributed by atoms with E-state index < -0.39 is 0 Å². The Kier molecular flexibility index (Phi) is 1.89. The molecule has 72 valence electrons. The van der Waals surface area contributed by atoms with E-state index in [0.717, 1.165) is 0 Å². The number of nitrogens with zero attached hydrogens (tertiary/aromatic N) is 1. The number of aryl methyl sites for hydroxylation is 2. The zero-order valence-electron chi connectivity index (χ0n) is 7.99. The van der Waals surface area contributed by atoms with E-state index in [1.807, 2.05) is 22.7 Å². The molecule has 0 fully saturated rings. The highest BCUT2D eigenvalue weighted by molar-refractivity contribution is 7.16. The molecule has 14 heavy (non-hydrogen) atoms. The molecule has 3 rings (SSSR count). The van der Waals surface area contributed by atoms with Crippen LogP contribution in [-0.2, 0) is 12.8 Å². The van der Waals surface area contributed by atoms with E-state index in [4.69, 9.17) is 0 Å². The molecule has 0 unspecified atom stereocenters. The summed E-state index contributed by atoms with van der Waals surface area (Å²) in [6, 6.07) is 4.51. The topological polar surface area (TPSA) is 3.24 Å². The Morgan fingerprint density at radius 3 is 2.00 bits per heavy atom. The zero-order valence-corrected chi connectivity index (χ0v) is 9.62. The lowest BCUT2D eigenvalue weighted by Crippen LogP contribution is -2.06. The monoisotopic (exact) mass is 221 g/mol. The summed E-state index contributed by atoms with van der Waals surface area (Å²) in [6.45, 7) is 0. The van der Waals surface area contributed by atoms with Crippen LogP contribution in [0.25, 0.3) is 0 Å². The molecule has 2 aromatic rings. The van der Waals surface area contributed by atoms with Crippen LogP contribution in [0.1, 0.15) is 11.1 Å². The van der Waals surface area contributed by atoms with Gasteiger partial charge >= 0.3 is 0 Å². The van der Waals surface area contributed by atoms with Crippen LogP contribution >= 0.6 is 22.7 Å². The fourth-order valence-corrected chi connectivity index (χ4v) is 3.91. The molecule has 0 saturated carbocycles. The Morgan fingerprint density at radius 1 is 1.00 bits per heavy atom. The summed E-state index contributed by atoms with van der Waals surface area (Å²) < 4.78 is 0. The Hall–Kier alpha value is -0.800. The smallest absolute Gasteiger partial charge is 0.0989 e. The largest absolute Gasteiger partial charge is 0.328 e. The van der Waals surface area contributed by atoms with Crippen molar-refractivity contribution in [2.24, 2.45) is 0 Å². The maximum absolute atomic E-state index is 2.34. The van der Waals surface area contributed by atoms with Gasteiger partial charge in [0.15, 0.2) is 0 Å². The van der Waals surface area contributed by atoms with Crippen LogP contribution < -0.4 is 4.90 Å². The average molecular weight is 221 g/mol. The van der Waals surface area contributed by atoms with Gasteiger partial charge in [-0.25, -0.2) is 0 Å². The predicted octanol–water partition coefficient (Wildman–Crippen LogP) is 3.68. The highest BCUT2D eigenvalue weighted by atomic mass is 32.1. The van der Waals surface area contributed by atoms with Crippen molar-refractivity contribution in [3.05, 3.63) is 34.0 Å². The van der Waals surface area contributed by atoms with Crippen LogP contribution in [0, 0.1) is 0 Å². The second-order valence-corrected chi connectivity index (χ2v) is 5.35. The molecule has 0 radical (unpaired) electrons. The molecule has 1 aliphatic rings. The second-order valence-electron chi connectivity index (χ2n) is 3.56. The molecule has 2 aromatic heterocycles. The van der Waals surface area contributed by atoms with Gasteiger partial charge in [-0.15, -0.1) is 22.7 Å². The van der Waals surface area contributed by atoms with Crippen LogP contribution in [0.5, 0.6) is 0 Å². The first-order chi connectivity index (χ1) is 6.86. The molecule has 0 spiro atoms. The van der Waals surface area contributed by atoms with Gasteiger partial charge in [-0.2, -0.15) is 0 Å². The number of anilines is 2. The minimum absolute atomic E-state index is 1.19. The van der Waals surface area contributed by atoms with E-state index in [1.165, 1.54) is 34.0 Å². The molecule has 0 amide bonds. The molecule has 1 nitrogen and oxygen atoms in total. The molecule has 1 aliphatic heterocycles. The lowest BCUT2D eigenvalue weighted by molar-refractivity contribution is 0.985. The molecule has 0 aliphatic carbocycles. The highest BCUT2D eigenvalue weighted by Crippen LogP contribution is 2.40. The first-order valence-electron chi connectivity index (χ1n) is 4.73. The van der Waals surface area contributed by atoms with Crippen molar-refractivity contribution in [1.82, 2.24) is 0 Å². The fourth-order valence-electron chi connectivity index (χ4n) is 1.99. The number of rotatable bonds is 0. The van der Waals surface area contributed by atoms with Gasteiger partial charge < -0.3 is 4.90 Å². The van der Waals surface area contributed by atoms with Crippen molar-refractivity contribution < 1.29 is 0 Å². The lowest BCUT2D eigenvalue weighted by atomic mass is 10.1. The Bertz CT molecular complexity index is 413. The summed E-state index contributed by atoms with van der Waals surface area (Å²) in [5, 5.41) is 7.23. The van der Waals surface area contributed by atoms with Gasteiger partial charge in [0.2, 0.25) is 0 Å². The summed E-state index contributed by atoms with van der Waals surface area (Å²) in [6.07, 6.45) is 2.37. The first kappa shape index (κ1) is 8.50. The fraction of sp³-hybridized carbons (Fsp3) is 0.273. The van der Waals surface area contributed by atoms with E-state index >= 15 is 0 Å². The van der Waals surface area contributed by atoms with Crippen molar-refractivity contribution in [2.75, 3.05) is 11.9 Å². The molecule has 3 heterocycles. The van der Waals surface area contributed by atoms with Crippen LogP contribution in [0.4, 0.5) is 10.0 Å². The van der Waals surface area contributed by atoms with Crippen molar-refractivity contribution in [1.29, 1.82) is 0 Å². The van der Waals surface area contributed by atoms with Gasteiger partial charge in [-0.3, -0.25) is 0 Å². The third-order valence-electron chi connectivity index (χ3n) is 2.72. The molecule has 0 bridgehead atoms. The van der Waals surface area contributed by atoms with Crippen LogP contribution in [0.2, 0.25) is 0 Å². The molecule has 0 N–H and O–H groups in total. The van der Waals surface area contributed by atoms with E-state index in [2.05, 4.69) is 34.8 Å². The average Bonchev–Trinajstić information content (AvgIpc) is 2.81. The molecular weight excluding hydrogens is 210 g/mol. The second kappa shape index (κ2) is 3.11. The minimum atomic E-state index is 1.19. The quantitative estimate of drug-likeness (QED) is 0.656. The van der Waals surface area contributed by atoms with Gasteiger partial charge in [0.25, 0.3) is 0 Å². The van der Waals surface area contributed by atoms with E-state index in [0.29, 0.717) is 0 Å². The number of thiophene rings is 2. The summed E-state index contributed by atoms with van der Waals surface area (Å²) in [5.41, 5.74) is 3.00. The van der Waals surface area contributed by atoms with Gasteiger partial charge in [-0.05, 0) is 46.9 Å². The van der Waals surface area contributed by atoms with Gasteiger partial charge in [0, 0.05) is 7.05 Å². The lowest BCUT2D eigenvalue weighted by Gasteiger charge is -2.15. The minimum Gasteiger partial charge on any atom is -0.328 e. The predicted molar refractivity (Wildman–Crippen MR) is 64.1 cm³/mol. The molecular formula is C11H11NS2. The summed E-state index contributed by atoms with van der Waals surface area (Å²) in [7, 11) is 2.18. The number of hydrogen-bond acceptors (Lipinski definition) is 3. The van der Waals surface area contributed by atoms with Crippen molar-refractivity contribution in [2.45, 2.75) is 12.8 Å². The summed E-state index contributed by atoms with van der Waals surface area (Å²) >= 11 is 3.69. The first-order valence-corrected chi connectivity index (χ1v) is 6.48. The molecule has 0 atom stereocenters. The molecule has 0 aromatic carbocycles. The number of hydrogen-bond donors (Lipinski definition) is 0. The maximum atomic E-state index is 2.34. The van der Waals surface area contributed by atoms with Crippen LogP contribution in [-0.4, -0.2) is 7.05 Å². The van der Waals surface area contributed by atoms with Crippen LogP contribution in [0.15, 0.2) is 22.9 Å². The van der Waals surface area contributed by atoms with Gasteiger partial charge in [-0.1, -0.05) is 0 Å². The van der Waals surface area contributed by atoms with Gasteiger partial charge in [0.05, 0.1) is 10.0 Å². The Balaban J connectivity index is 2.17. The van der Waals surface area contributed by atoms with Crippen molar-refractivity contribution in [3.8, 4) is 0 Å². The molecule has 3 heteroatoms. The molecule has 0 saturated heterocycles. The van der Waals surface area contributed by atoms with E-state index in [9.17, 15) is 0 Å². The summed E-state index contributed by atoms with van der Waals surface area (Å²) in [4.78, 5) is 2.34. The Labute approximate surface area is 91.6 Å². The third-order valence-corrected chi connectivity index (χ3v) is 4.78. The van der Waals surface area contributed by atoms with E-state index in [-0.39, 0.29) is 0 Å². The van der Waals surface area contributed by atoms with Crippen LogP contribution in [0.3, 0.4) is 0 Å². The third kappa shape index (κ3) is 1.12. The maximum Gasteiger partial charge on any atom is 0.0989 e. The summed E-state index contributed by atoms with van der Waals surface area (Å²) in [5.74, 6) is 0. The van der Waals surface area contributed by atoms with E-state index in [1.54, 1.807) is 0 Å². The Morgan fingerprint density at radius 2 is 1.50 bits per heavy atom. The standard InChI is InChI=1S/C11H11NS2/c1-12-10-8(4-6-13-10)2-3-9-5-7-14-11(9)12/h4-7H,2-3H2,1H3. The van der Waals surface area contributed by atoms with Crippen molar-refractivity contribution >= 4 is 32.7 Å². The SMILES string of the molecule is CN1c2sccc2CCc2ccsc21. The van der Waals surface area contributed by atoms with Gasteiger partial charge in [0.1, 0.15) is 0 Å². The van der Waals surface area contributed by atoms with Crippen molar-refractivity contribution in [3.63, 3.8) is 0 Å².